The maximum atomic E-state index is 6.11. The van der Waals surface area contributed by atoms with E-state index in [0.717, 1.165) is 30.9 Å². The van der Waals surface area contributed by atoms with Crippen LogP contribution in [0.3, 0.4) is 0 Å². The van der Waals surface area contributed by atoms with Crippen molar-refractivity contribution in [1.29, 1.82) is 0 Å². The van der Waals surface area contributed by atoms with Gasteiger partial charge >= 0.3 is 0 Å². The molecule has 0 N–H and O–H groups in total. The molecule has 1 aliphatic rings. The number of hydrogen-bond donors (Lipinski definition) is 0. The minimum absolute atomic E-state index is 0.290. The lowest BCUT2D eigenvalue weighted by atomic mass is 9.86. The van der Waals surface area contributed by atoms with Crippen LogP contribution in [0.15, 0.2) is 55.3 Å². The van der Waals surface area contributed by atoms with Gasteiger partial charge in [0.15, 0.2) is 6.29 Å². The molecule has 0 bridgehead atoms. The van der Waals surface area contributed by atoms with Gasteiger partial charge in [-0.25, -0.2) is 0 Å². The highest BCUT2D eigenvalue weighted by Gasteiger charge is 2.24. The smallest absolute Gasteiger partial charge is 0.185 e. The van der Waals surface area contributed by atoms with Crippen LogP contribution in [0.2, 0.25) is 0 Å². The number of nitrogens with zero attached hydrogens (tertiary/aromatic N) is 1. The quantitative estimate of drug-likeness (QED) is 0.163. The van der Waals surface area contributed by atoms with E-state index >= 15 is 0 Å². The van der Waals surface area contributed by atoms with Gasteiger partial charge < -0.3 is 9.47 Å². The molecular formula is C33H49NO2. The molecule has 0 amide bonds. The predicted molar refractivity (Wildman–Crippen MR) is 152 cm³/mol. The maximum Gasteiger partial charge on any atom is 0.185 e. The topological polar surface area (TPSA) is 31.4 Å². The molecular weight excluding hydrogens is 442 g/mol. The van der Waals surface area contributed by atoms with Gasteiger partial charge in [-0.2, -0.15) is 0 Å². The number of allylic oxidation sites excluding steroid dienone is 1. The van der Waals surface area contributed by atoms with Crippen molar-refractivity contribution < 1.29 is 9.47 Å². The van der Waals surface area contributed by atoms with Crippen LogP contribution >= 0.6 is 0 Å². The summed E-state index contributed by atoms with van der Waals surface area (Å²) in [5.41, 5.74) is 4.76. The monoisotopic (exact) mass is 491 g/mol. The van der Waals surface area contributed by atoms with E-state index in [4.69, 9.17) is 14.5 Å². The standard InChI is InChI=1S/C33H49NO2/c1-4-7-8-9-10-11-12-13-14-19-27-25-35-33(36-26-27)29-22-23-32(34-24-29)31-21-16-15-20-30(31)28(17-5-2)18-6-3/h4,15-16,20-24,27-28,33H,1,5-14,17-19,25-26H2,2-3H3. The Labute approximate surface area is 220 Å². The summed E-state index contributed by atoms with van der Waals surface area (Å²) in [5.74, 6) is 1.11. The molecule has 0 saturated carbocycles. The van der Waals surface area contributed by atoms with Crippen molar-refractivity contribution in [3.63, 3.8) is 0 Å². The molecule has 1 saturated heterocycles. The average Bonchev–Trinajstić information content (AvgIpc) is 2.92. The van der Waals surface area contributed by atoms with Crippen molar-refractivity contribution in [2.75, 3.05) is 13.2 Å². The van der Waals surface area contributed by atoms with Crippen LogP contribution < -0.4 is 0 Å². The van der Waals surface area contributed by atoms with Crippen molar-refractivity contribution in [2.24, 2.45) is 5.92 Å². The lowest BCUT2D eigenvalue weighted by Crippen LogP contribution is -2.27. The number of pyridine rings is 1. The molecule has 0 radical (unpaired) electrons. The number of hydrogen-bond acceptors (Lipinski definition) is 3. The van der Waals surface area contributed by atoms with E-state index in [1.165, 1.54) is 88.2 Å². The van der Waals surface area contributed by atoms with Gasteiger partial charge in [-0.05, 0) is 49.7 Å². The lowest BCUT2D eigenvalue weighted by Gasteiger charge is -2.29. The van der Waals surface area contributed by atoms with E-state index in [9.17, 15) is 0 Å². The molecule has 1 aromatic heterocycles. The molecule has 2 heterocycles. The highest BCUT2D eigenvalue weighted by atomic mass is 16.7. The Morgan fingerprint density at radius 3 is 2.19 bits per heavy atom. The Morgan fingerprint density at radius 1 is 0.889 bits per heavy atom. The van der Waals surface area contributed by atoms with E-state index in [1.807, 2.05) is 12.3 Å². The second kappa shape index (κ2) is 16.7. The zero-order valence-electron chi connectivity index (χ0n) is 22.9. The highest BCUT2D eigenvalue weighted by Crippen LogP contribution is 2.35. The van der Waals surface area contributed by atoms with Gasteiger partial charge in [0.2, 0.25) is 0 Å². The molecule has 0 atom stereocenters. The zero-order valence-corrected chi connectivity index (χ0v) is 22.9. The van der Waals surface area contributed by atoms with Crippen molar-refractivity contribution >= 4 is 0 Å². The van der Waals surface area contributed by atoms with Crippen molar-refractivity contribution in [2.45, 2.75) is 110 Å². The fraction of sp³-hybridized carbons (Fsp3) is 0.606. The third kappa shape index (κ3) is 9.16. The van der Waals surface area contributed by atoms with Crippen LogP contribution in [0, 0.1) is 5.92 Å². The number of unbranched alkanes of at least 4 members (excludes halogenated alkanes) is 7. The van der Waals surface area contributed by atoms with Crippen LogP contribution in [-0.2, 0) is 9.47 Å². The Morgan fingerprint density at radius 2 is 1.56 bits per heavy atom. The average molecular weight is 492 g/mol. The summed E-state index contributed by atoms with van der Waals surface area (Å²) in [6.45, 7) is 9.92. The van der Waals surface area contributed by atoms with Crippen molar-refractivity contribution in [1.82, 2.24) is 4.98 Å². The molecule has 0 aliphatic carbocycles. The van der Waals surface area contributed by atoms with E-state index in [1.54, 1.807) is 0 Å². The Hall–Kier alpha value is -1.97. The number of rotatable bonds is 17. The third-order valence-corrected chi connectivity index (χ3v) is 7.50. The van der Waals surface area contributed by atoms with Gasteiger partial charge in [-0.3, -0.25) is 4.98 Å². The number of aromatic nitrogens is 1. The second-order valence-corrected chi connectivity index (χ2v) is 10.5. The predicted octanol–water partition coefficient (Wildman–Crippen LogP) is 9.79. The fourth-order valence-electron chi connectivity index (χ4n) is 5.45. The molecule has 36 heavy (non-hydrogen) atoms. The molecule has 198 valence electrons. The minimum Gasteiger partial charge on any atom is -0.348 e. The maximum absolute atomic E-state index is 6.11. The summed E-state index contributed by atoms with van der Waals surface area (Å²) in [7, 11) is 0. The third-order valence-electron chi connectivity index (χ3n) is 7.50. The van der Waals surface area contributed by atoms with Crippen molar-refractivity contribution in [3.8, 4) is 11.3 Å². The summed E-state index contributed by atoms with van der Waals surface area (Å²) < 4.78 is 12.2. The fourth-order valence-corrected chi connectivity index (χ4v) is 5.45. The van der Waals surface area contributed by atoms with Gasteiger partial charge in [-0.1, -0.05) is 102 Å². The lowest BCUT2D eigenvalue weighted by molar-refractivity contribution is -0.206. The molecule has 3 nitrogen and oxygen atoms in total. The molecule has 2 aromatic rings. The van der Waals surface area contributed by atoms with E-state index in [-0.39, 0.29) is 6.29 Å². The van der Waals surface area contributed by atoms with E-state index < -0.39 is 0 Å². The number of benzene rings is 1. The molecule has 0 spiro atoms. The van der Waals surface area contributed by atoms with E-state index in [2.05, 4.69) is 56.8 Å². The minimum atomic E-state index is -0.290. The van der Waals surface area contributed by atoms with Crippen LogP contribution in [0.4, 0.5) is 0 Å². The van der Waals surface area contributed by atoms with Gasteiger partial charge in [0.25, 0.3) is 0 Å². The van der Waals surface area contributed by atoms with Crippen LogP contribution in [0.25, 0.3) is 11.3 Å². The Bertz CT molecular complexity index is 848. The Kier molecular flexibility index (Phi) is 13.3. The molecule has 1 aliphatic heterocycles. The molecule has 3 heteroatoms. The number of ether oxygens (including phenoxy) is 2. The first-order chi connectivity index (χ1) is 17.8. The first kappa shape index (κ1) is 28.6. The second-order valence-electron chi connectivity index (χ2n) is 10.5. The SMILES string of the molecule is C=CCCCCCCCCCC1COC(c2ccc(-c3ccccc3C(CCC)CCC)nc2)OC1. The molecule has 1 aromatic carbocycles. The largest absolute Gasteiger partial charge is 0.348 e. The highest BCUT2D eigenvalue weighted by molar-refractivity contribution is 5.64. The Balaban J connectivity index is 1.44. The zero-order chi connectivity index (χ0) is 25.4. The van der Waals surface area contributed by atoms with Gasteiger partial charge in [0, 0.05) is 23.2 Å². The summed E-state index contributed by atoms with van der Waals surface area (Å²) in [6.07, 6.45) is 20.2. The van der Waals surface area contributed by atoms with Crippen molar-refractivity contribution in [3.05, 3.63) is 66.4 Å². The summed E-state index contributed by atoms with van der Waals surface area (Å²) in [6, 6.07) is 13.1. The summed E-state index contributed by atoms with van der Waals surface area (Å²) >= 11 is 0. The van der Waals surface area contributed by atoms with Gasteiger partial charge in [-0.15, -0.1) is 6.58 Å². The van der Waals surface area contributed by atoms with E-state index in [0.29, 0.717) is 11.8 Å². The van der Waals surface area contributed by atoms with Crippen LogP contribution in [0.5, 0.6) is 0 Å². The van der Waals surface area contributed by atoms with Crippen LogP contribution in [0.1, 0.15) is 121 Å². The summed E-state index contributed by atoms with van der Waals surface area (Å²) in [4.78, 5) is 4.84. The van der Waals surface area contributed by atoms with Gasteiger partial charge in [0.05, 0.1) is 18.9 Å². The first-order valence-electron chi connectivity index (χ1n) is 14.7. The first-order valence-corrected chi connectivity index (χ1v) is 14.7. The molecule has 1 fully saturated rings. The molecule has 3 rings (SSSR count). The normalized spacial score (nSPS) is 18.0. The van der Waals surface area contributed by atoms with Gasteiger partial charge in [0.1, 0.15) is 0 Å². The van der Waals surface area contributed by atoms with Crippen LogP contribution in [-0.4, -0.2) is 18.2 Å². The summed E-state index contributed by atoms with van der Waals surface area (Å²) in [5, 5.41) is 0. The molecule has 0 unspecified atom stereocenters.